The summed E-state index contributed by atoms with van der Waals surface area (Å²) in [5.41, 5.74) is 3.75. The van der Waals surface area contributed by atoms with Crippen molar-refractivity contribution in [3.63, 3.8) is 0 Å². The number of carbonyl (C=O) groups is 1. The average Bonchev–Trinajstić information content (AvgIpc) is 2.69. The number of rotatable bonds is 7. The number of carbonyl (C=O) groups excluding carboxylic acids is 1. The summed E-state index contributed by atoms with van der Waals surface area (Å²) in [7, 11) is 0. The minimum atomic E-state index is -0.121. The molecule has 1 aliphatic rings. The fraction of sp³-hybridized carbons (Fsp3) is 0.409. The molecule has 1 amide bonds. The molecule has 1 heterocycles. The quantitative estimate of drug-likeness (QED) is 0.718. The van der Waals surface area contributed by atoms with Gasteiger partial charge in [-0.3, -0.25) is 4.79 Å². The Balaban J connectivity index is 1.54. The van der Waals surface area contributed by atoms with E-state index < -0.39 is 0 Å². The Hall–Kier alpha value is -1.82. The highest BCUT2D eigenvalue weighted by molar-refractivity contribution is 8.00. The maximum absolute atomic E-state index is 12.5. The lowest BCUT2D eigenvalue weighted by Crippen LogP contribution is -3.12. The van der Waals surface area contributed by atoms with Gasteiger partial charge in [-0.25, -0.2) is 0 Å². The normalized spacial score (nSPS) is 16.1. The lowest BCUT2D eigenvalue weighted by atomic mass is 10.1. The van der Waals surface area contributed by atoms with Gasteiger partial charge in [-0.1, -0.05) is 42.0 Å². The molecule has 2 aromatic carbocycles. The number of aryl methyl sites for hydroxylation is 1. The van der Waals surface area contributed by atoms with Crippen LogP contribution in [-0.2, 0) is 22.6 Å². The molecule has 5 heteroatoms. The van der Waals surface area contributed by atoms with Crippen molar-refractivity contribution >= 4 is 17.7 Å². The van der Waals surface area contributed by atoms with Crippen LogP contribution in [0.1, 0.15) is 23.6 Å². The van der Waals surface area contributed by atoms with Crippen molar-refractivity contribution in [2.24, 2.45) is 0 Å². The Morgan fingerprint density at radius 3 is 2.48 bits per heavy atom. The molecule has 0 aliphatic carbocycles. The number of ether oxygens (including phenoxy) is 1. The van der Waals surface area contributed by atoms with Crippen LogP contribution in [0.3, 0.4) is 0 Å². The second kappa shape index (κ2) is 9.93. The maximum Gasteiger partial charge on any atom is 0.233 e. The zero-order chi connectivity index (χ0) is 19.1. The van der Waals surface area contributed by atoms with E-state index in [-0.39, 0.29) is 11.2 Å². The minimum Gasteiger partial charge on any atom is -0.370 e. The Kier molecular flexibility index (Phi) is 7.33. The molecule has 0 spiro atoms. The molecular weight excluding hydrogens is 356 g/mol. The van der Waals surface area contributed by atoms with E-state index in [4.69, 9.17) is 4.74 Å². The fourth-order valence-electron chi connectivity index (χ4n) is 3.21. The van der Waals surface area contributed by atoms with Gasteiger partial charge in [0.1, 0.15) is 19.6 Å². The molecule has 0 saturated carbocycles. The number of amides is 1. The lowest BCUT2D eigenvalue weighted by molar-refractivity contribution is -0.921. The zero-order valence-corrected chi connectivity index (χ0v) is 17.0. The molecule has 1 atom stereocenters. The van der Waals surface area contributed by atoms with Gasteiger partial charge in [0, 0.05) is 17.0 Å². The van der Waals surface area contributed by atoms with Gasteiger partial charge in [-0.15, -0.1) is 11.8 Å². The molecule has 0 radical (unpaired) electrons. The van der Waals surface area contributed by atoms with Crippen molar-refractivity contribution in [3.8, 4) is 0 Å². The number of morpholine rings is 1. The monoisotopic (exact) mass is 385 g/mol. The van der Waals surface area contributed by atoms with Gasteiger partial charge in [-0.2, -0.15) is 0 Å². The minimum absolute atomic E-state index is 0.0779. The van der Waals surface area contributed by atoms with E-state index in [2.05, 4.69) is 54.7 Å². The van der Waals surface area contributed by atoms with Crippen molar-refractivity contribution in [2.45, 2.75) is 37.1 Å². The topological polar surface area (TPSA) is 42.8 Å². The van der Waals surface area contributed by atoms with Gasteiger partial charge in [0.2, 0.25) is 5.91 Å². The number of thioether (sulfide) groups is 1. The van der Waals surface area contributed by atoms with Crippen molar-refractivity contribution < 1.29 is 14.4 Å². The van der Waals surface area contributed by atoms with Crippen LogP contribution < -0.4 is 10.2 Å². The van der Waals surface area contributed by atoms with Gasteiger partial charge in [0.15, 0.2) is 0 Å². The highest BCUT2D eigenvalue weighted by atomic mass is 32.2. The molecule has 1 saturated heterocycles. The third-order valence-corrected chi connectivity index (χ3v) is 6.03. The Morgan fingerprint density at radius 2 is 1.78 bits per heavy atom. The zero-order valence-electron chi connectivity index (χ0n) is 16.2. The Labute approximate surface area is 166 Å². The molecular formula is C22H29N2O2S+. The summed E-state index contributed by atoms with van der Waals surface area (Å²) in [6.45, 7) is 9.37. The molecule has 2 aromatic rings. The Bertz CT molecular complexity index is 742. The van der Waals surface area contributed by atoms with Crippen LogP contribution in [0, 0.1) is 6.92 Å². The molecule has 3 rings (SSSR count). The summed E-state index contributed by atoms with van der Waals surface area (Å²) in [6, 6.07) is 16.7. The van der Waals surface area contributed by atoms with E-state index in [1.165, 1.54) is 16.7 Å². The van der Waals surface area contributed by atoms with Crippen molar-refractivity contribution in [1.82, 2.24) is 5.32 Å². The molecule has 1 fully saturated rings. The first-order valence-corrected chi connectivity index (χ1v) is 10.5. The van der Waals surface area contributed by atoms with E-state index in [1.807, 2.05) is 13.0 Å². The number of nitrogens with one attached hydrogen (secondary N) is 2. The first kappa shape index (κ1) is 19.9. The van der Waals surface area contributed by atoms with Crippen LogP contribution in [-0.4, -0.2) is 37.5 Å². The summed E-state index contributed by atoms with van der Waals surface area (Å²) in [5, 5.41) is 2.99. The average molecular weight is 386 g/mol. The highest BCUT2D eigenvalue weighted by Gasteiger charge is 2.17. The fourth-order valence-corrected chi connectivity index (χ4v) is 4.10. The summed E-state index contributed by atoms with van der Waals surface area (Å²) in [6.07, 6.45) is 0. The van der Waals surface area contributed by atoms with Crippen LogP contribution in [0.2, 0.25) is 0 Å². The first-order valence-electron chi connectivity index (χ1n) is 9.61. The van der Waals surface area contributed by atoms with Crippen LogP contribution in [0.25, 0.3) is 0 Å². The molecule has 0 aromatic heterocycles. The second-order valence-corrected chi connectivity index (χ2v) is 8.51. The lowest BCUT2D eigenvalue weighted by Gasteiger charge is -2.24. The molecule has 27 heavy (non-hydrogen) atoms. The largest absolute Gasteiger partial charge is 0.370 e. The number of hydrogen-bond donors (Lipinski definition) is 2. The summed E-state index contributed by atoms with van der Waals surface area (Å²) in [5.74, 6) is 0.0779. The third kappa shape index (κ3) is 6.09. The molecule has 144 valence electrons. The van der Waals surface area contributed by atoms with Gasteiger partial charge in [-0.05, 0) is 31.5 Å². The first-order chi connectivity index (χ1) is 13.1. The van der Waals surface area contributed by atoms with Gasteiger partial charge >= 0.3 is 0 Å². The van der Waals surface area contributed by atoms with Crippen molar-refractivity contribution in [3.05, 3.63) is 65.2 Å². The predicted octanol–water partition coefficient (Wildman–Crippen LogP) is 2.21. The number of quaternary nitrogens is 1. The number of benzene rings is 2. The van der Waals surface area contributed by atoms with Crippen molar-refractivity contribution in [2.75, 3.05) is 26.3 Å². The second-order valence-electron chi connectivity index (χ2n) is 7.10. The molecule has 0 bridgehead atoms. The summed E-state index contributed by atoms with van der Waals surface area (Å²) in [4.78, 5) is 15.2. The van der Waals surface area contributed by atoms with Gasteiger partial charge in [0.05, 0.1) is 18.5 Å². The van der Waals surface area contributed by atoms with E-state index in [0.29, 0.717) is 6.54 Å². The smallest absolute Gasteiger partial charge is 0.233 e. The van der Waals surface area contributed by atoms with Gasteiger partial charge in [0.25, 0.3) is 0 Å². The van der Waals surface area contributed by atoms with E-state index in [1.54, 1.807) is 16.7 Å². The van der Waals surface area contributed by atoms with Crippen LogP contribution in [0.15, 0.2) is 53.4 Å². The SMILES string of the molecule is Cc1ccc(S[C@H](C)C(=O)NCc2ccccc2C[NH+]2CCOCC2)cc1. The van der Waals surface area contributed by atoms with E-state index in [9.17, 15) is 4.79 Å². The molecule has 4 nitrogen and oxygen atoms in total. The predicted molar refractivity (Wildman–Crippen MR) is 110 cm³/mol. The van der Waals surface area contributed by atoms with Crippen LogP contribution >= 0.6 is 11.8 Å². The summed E-state index contributed by atoms with van der Waals surface area (Å²) >= 11 is 1.60. The molecule has 1 aliphatic heterocycles. The molecule has 0 unspecified atom stereocenters. The standard InChI is InChI=1S/C22H28N2O2S/c1-17-7-9-21(10-8-17)27-18(2)22(25)23-15-19-5-3-4-6-20(19)16-24-11-13-26-14-12-24/h3-10,18H,11-16H2,1-2H3,(H,23,25)/p+1/t18-/m1/s1. The highest BCUT2D eigenvalue weighted by Crippen LogP contribution is 2.23. The Morgan fingerprint density at radius 1 is 1.11 bits per heavy atom. The third-order valence-electron chi connectivity index (χ3n) is 4.91. The maximum atomic E-state index is 12.5. The number of hydrogen-bond acceptors (Lipinski definition) is 3. The summed E-state index contributed by atoms with van der Waals surface area (Å²) < 4.78 is 5.45. The van der Waals surface area contributed by atoms with Gasteiger partial charge < -0.3 is 15.0 Å². The van der Waals surface area contributed by atoms with Crippen molar-refractivity contribution in [1.29, 1.82) is 0 Å². The molecule has 2 N–H and O–H groups in total. The van der Waals surface area contributed by atoms with E-state index >= 15 is 0 Å². The van der Waals surface area contributed by atoms with E-state index in [0.717, 1.165) is 37.7 Å². The van der Waals surface area contributed by atoms with Crippen LogP contribution in [0.5, 0.6) is 0 Å². The van der Waals surface area contributed by atoms with Crippen LogP contribution in [0.4, 0.5) is 0 Å².